The van der Waals surface area contributed by atoms with Gasteiger partial charge in [-0.2, -0.15) is 0 Å². The molecule has 0 aliphatic heterocycles. The van der Waals surface area contributed by atoms with Crippen LogP contribution in [0.15, 0.2) is 18.2 Å². The van der Waals surface area contributed by atoms with Gasteiger partial charge in [-0.3, -0.25) is 4.90 Å². The van der Waals surface area contributed by atoms with Gasteiger partial charge in [0.05, 0.1) is 6.61 Å². The molecule has 0 bridgehead atoms. The Morgan fingerprint density at radius 1 is 1.25 bits per heavy atom. The largest absolute Gasteiger partial charge is 0.394 e. The van der Waals surface area contributed by atoms with Crippen molar-refractivity contribution in [1.82, 2.24) is 4.90 Å². The van der Waals surface area contributed by atoms with Crippen LogP contribution in [0.3, 0.4) is 0 Å². The van der Waals surface area contributed by atoms with Crippen molar-refractivity contribution in [1.29, 1.82) is 0 Å². The number of aryl methyl sites for hydroxylation is 2. The number of likely N-dealkylation sites (N-methyl/N-ethyl adjacent to an activating group) is 1. The molecule has 0 fully saturated rings. The summed E-state index contributed by atoms with van der Waals surface area (Å²) in [5.41, 5.74) is 3.78. The molecule has 2 heteroatoms. The summed E-state index contributed by atoms with van der Waals surface area (Å²) in [6.45, 7) is 9.40. The predicted molar refractivity (Wildman–Crippen MR) is 68.5 cm³/mol. The van der Waals surface area contributed by atoms with Crippen molar-refractivity contribution < 1.29 is 5.11 Å². The van der Waals surface area contributed by atoms with Gasteiger partial charge in [-0.15, -0.1) is 0 Å². The second-order valence-electron chi connectivity index (χ2n) is 5.26. The van der Waals surface area contributed by atoms with Crippen LogP contribution in [0.2, 0.25) is 0 Å². The van der Waals surface area contributed by atoms with Gasteiger partial charge in [0.25, 0.3) is 0 Å². The molecule has 1 aromatic carbocycles. The topological polar surface area (TPSA) is 23.5 Å². The third kappa shape index (κ3) is 3.06. The molecule has 1 aromatic rings. The summed E-state index contributed by atoms with van der Waals surface area (Å²) < 4.78 is 0. The fourth-order valence-corrected chi connectivity index (χ4v) is 1.61. The summed E-state index contributed by atoms with van der Waals surface area (Å²) >= 11 is 0. The standard InChI is InChI=1S/C14H23NO/c1-11-6-7-13(12(2)8-11)9-15(5)14(3,4)10-16/h6-8,16H,9-10H2,1-5H3. The van der Waals surface area contributed by atoms with Crippen molar-refractivity contribution >= 4 is 0 Å². The summed E-state index contributed by atoms with van der Waals surface area (Å²) in [7, 11) is 2.05. The molecular weight excluding hydrogens is 198 g/mol. The lowest BCUT2D eigenvalue weighted by atomic mass is 10.0. The van der Waals surface area contributed by atoms with Crippen molar-refractivity contribution in [2.75, 3.05) is 13.7 Å². The van der Waals surface area contributed by atoms with Gasteiger partial charge in [-0.25, -0.2) is 0 Å². The Labute approximate surface area is 98.9 Å². The molecule has 1 N–H and O–H groups in total. The Bertz CT molecular complexity index is 358. The molecule has 0 saturated carbocycles. The third-order valence-electron chi connectivity index (χ3n) is 3.33. The van der Waals surface area contributed by atoms with Crippen LogP contribution in [0.1, 0.15) is 30.5 Å². The number of benzene rings is 1. The van der Waals surface area contributed by atoms with Crippen molar-refractivity contribution in [2.24, 2.45) is 0 Å². The molecule has 0 saturated heterocycles. The minimum absolute atomic E-state index is 0.169. The van der Waals surface area contributed by atoms with Crippen LogP contribution in [-0.2, 0) is 6.54 Å². The lowest BCUT2D eigenvalue weighted by Crippen LogP contribution is -2.43. The molecule has 0 spiro atoms. The Kier molecular flexibility index (Phi) is 4.11. The van der Waals surface area contributed by atoms with Crippen LogP contribution in [0.5, 0.6) is 0 Å². The van der Waals surface area contributed by atoms with E-state index in [4.69, 9.17) is 0 Å². The van der Waals surface area contributed by atoms with Gasteiger partial charge < -0.3 is 5.11 Å². The number of aliphatic hydroxyl groups excluding tert-OH is 1. The minimum Gasteiger partial charge on any atom is -0.394 e. The molecule has 90 valence electrons. The van der Waals surface area contributed by atoms with Crippen LogP contribution < -0.4 is 0 Å². The summed E-state index contributed by atoms with van der Waals surface area (Å²) in [5.74, 6) is 0. The highest BCUT2D eigenvalue weighted by molar-refractivity contribution is 5.30. The van der Waals surface area contributed by atoms with Crippen molar-refractivity contribution in [3.63, 3.8) is 0 Å². The molecule has 0 radical (unpaired) electrons. The van der Waals surface area contributed by atoms with E-state index in [1.54, 1.807) is 0 Å². The number of hydrogen-bond donors (Lipinski definition) is 1. The fraction of sp³-hybridized carbons (Fsp3) is 0.571. The molecule has 0 unspecified atom stereocenters. The van der Waals surface area contributed by atoms with Crippen molar-refractivity contribution in [2.45, 2.75) is 39.8 Å². The SMILES string of the molecule is Cc1ccc(CN(C)C(C)(C)CO)c(C)c1. The first-order chi connectivity index (χ1) is 7.36. The van der Waals surface area contributed by atoms with E-state index in [0.29, 0.717) is 0 Å². The Morgan fingerprint density at radius 3 is 2.38 bits per heavy atom. The maximum atomic E-state index is 9.31. The zero-order valence-electron chi connectivity index (χ0n) is 11.0. The molecule has 0 aromatic heterocycles. The monoisotopic (exact) mass is 221 g/mol. The second-order valence-corrected chi connectivity index (χ2v) is 5.26. The zero-order valence-corrected chi connectivity index (χ0v) is 11.0. The van der Waals surface area contributed by atoms with E-state index >= 15 is 0 Å². The number of aliphatic hydroxyl groups is 1. The van der Waals surface area contributed by atoms with E-state index in [-0.39, 0.29) is 12.1 Å². The summed E-state index contributed by atoms with van der Waals surface area (Å²) in [5, 5.41) is 9.31. The molecule has 0 amide bonds. The Balaban J connectivity index is 2.81. The smallest absolute Gasteiger partial charge is 0.0610 e. The van der Waals surface area contributed by atoms with Gasteiger partial charge >= 0.3 is 0 Å². The summed E-state index contributed by atoms with van der Waals surface area (Å²) in [6.07, 6.45) is 0. The first-order valence-corrected chi connectivity index (χ1v) is 5.75. The second kappa shape index (κ2) is 4.98. The molecule has 0 heterocycles. The van der Waals surface area contributed by atoms with E-state index in [9.17, 15) is 5.11 Å². The predicted octanol–water partition coefficient (Wildman–Crippen LogP) is 2.51. The maximum Gasteiger partial charge on any atom is 0.0610 e. The summed E-state index contributed by atoms with van der Waals surface area (Å²) in [6, 6.07) is 6.52. The van der Waals surface area contributed by atoms with E-state index in [0.717, 1.165) is 6.54 Å². The van der Waals surface area contributed by atoms with Crippen LogP contribution >= 0.6 is 0 Å². The third-order valence-corrected chi connectivity index (χ3v) is 3.33. The van der Waals surface area contributed by atoms with Crippen LogP contribution in [0.4, 0.5) is 0 Å². The quantitative estimate of drug-likeness (QED) is 0.844. The van der Waals surface area contributed by atoms with Gasteiger partial charge in [-0.1, -0.05) is 23.8 Å². The van der Waals surface area contributed by atoms with Gasteiger partial charge in [0.15, 0.2) is 0 Å². The molecule has 1 rings (SSSR count). The van der Waals surface area contributed by atoms with Crippen LogP contribution in [0.25, 0.3) is 0 Å². The number of nitrogens with zero attached hydrogens (tertiary/aromatic N) is 1. The van der Waals surface area contributed by atoms with Gasteiger partial charge in [-0.05, 0) is 45.9 Å². The molecule has 16 heavy (non-hydrogen) atoms. The highest BCUT2D eigenvalue weighted by Crippen LogP contribution is 2.18. The lowest BCUT2D eigenvalue weighted by Gasteiger charge is -2.34. The first-order valence-electron chi connectivity index (χ1n) is 5.75. The number of rotatable bonds is 4. The molecule has 0 aliphatic rings. The molecule has 2 nitrogen and oxygen atoms in total. The Hall–Kier alpha value is -0.860. The maximum absolute atomic E-state index is 9.31. The normalized spacial score (nSPS) is 12.2. The average molecular weight is 221 g/mol. The Morgan fingerprint density at radius 2 is 1.88 bits per heavy atom. The van der Waals surface area contributed by atoms with Crippen LogP contribution in [0, 0.1) is 13.8 Å². The fourth-order valence-electron chi connectivity index (χ4n) is 1.61. The first kappa shape index (κ1) is 13.2. The molecule has 0 aliphatic carbocycles. The van der Waals surface area contributed by atoms with E-state index in [2.05, 4.69) is 57.8 Å². The molecular formula is C14H23NO. The highest BCUT2D eigenvalue weighted by atomic mass is 16.3. The van der Waals surface area contributed by atoms with Crippen molar-refractivity contribution in [3.05, 3.63) is 34.9 Å². The van der Waals surface area contributed by atoms with Crippen LogP contribution in [-0.4, -0.2) is 29.2 Å². The minimum atomic E-state index is -0.169. The average Bonchev–Trinajstić information content (AvgIpc) is 2.22. The highest BCUT2D eigenvalue weighted by Gasteiger charge is 2.22. The molecule has 0 atom stereocenters. The lowest BCUT2D eigenvalue weighted by molar-refractivity contribution is 0.0732. The van der Waals surface area contributed by atoms with Gasteiger partial charge in [0, 0.05) is 12.1 Å². The van der Waals surface area contributed by atoms with E-state index in [1.165, 1.54) is 16.7 Å². The van der Waals surface area contributed by atoms with E-state index < -0.39 is 0 Å². The van der Waals surface area contributed by atoms with Gasteiger partial charge in [0.2, 0.25) is 0 Å². The summed E-state index contributed by atoms with van der Waals surface area (Å²) in [4.78, 5) is 2.19. The van der Waals surface area contributed by atoms with Gasteiger partial charge in [0.1, 0.15) is 0 Å². The van der Waals surface area contributed by atoms with Crippen molar-refractivity contribution in [3.8, 4) is 0 Å². The zero-order chi connectivity index (χ0) is 12.3. The van der Waals surface area contributed by atoms with E-state index in [1.807, 2.05) is 0 Å². The number of hydrogen-bond acceptors (Lipinski definition) is 2.